The van der Waals surface area contributed by atoms with E-state index >= 15 is 0 Å². The highest BCUT2D eigenvalue weighted by molar-refractivity contribution is 5.91. The van der Waals surface area contributed by atoms with E-state index in [9.17, 15) is 4.79 Å². The molecule has 1 amide bonds. The fraction of sp³-hybridized carbons (Fsp3) is 0.467. The van der Waals surface area contributed by atoms with Crippen LogP contribution in [0, 0.1) is 11.8 Å². The van der Waals surface area contributed by atoms with Gasteiger partial charge >= 0.3 is 0 Å². The van der Waals surface area contributed by atoms with E-state index in [1.165, 1.54) is 25.0 Å². The summed E-state index contributed by atoms with van der Waals surface area (Å²) in [4.78, 5) is 11.8. The van der Waals surface area contributed by atoms with Gasteiger partial charge in [0, 0.05) is 5.71 Å². The van der Waals surface area contributed by atoms with E-state index in [1.807, 2.05) is 30.3 Å². The third-order valence-corrected chi connectivity index (χ3v) is 4.04. The molecule has 1 aromatic rings. The summed E-state index contributed by atoms with van der Waals surface area (Å²) in [5, 5.41) is 4.32. The van der Waals surface area contributed by atoms with E-state index in [-0.39, 0.29) is 5.91 Å². The molecule has 0 heterocycles. The average Bonchev–Trinajstić information content (AvgIpc) is 3.00. The van der Waals surface area contributed by atoms with Crippen molar-refractivity contribution in [3.8, 4) is 0 Å². The Labute approximate surface area is 107 Å². The summed E-state index contributed by atoms with van der Waals surface area (Å²) >= 11 is 0. The highest BCUT2D eigenvalue weighted by Gasteiger charge is 2.36. The Hall–Kier alpha value is -1.64. The van der Waals surface area contributed by atoms with Gasteiger partial charge in [0.2, 0.25) is 5.91 Å². The Morgan fingerprint density at radius 2 is 2.11 bits per heavy atom. The molecule has 2 unspecified atom stereocenters. The second-order valence-electron chi connectivity index (χ2n) is 5.38. The van der Waals surface area contributed by atoms with Crippen molar-refractivity contribution in [3.05, 3.63) is 35.9 Å². The van der Waals surface area contributed by atoms with Crippen LogP contribution in [0.2, 0.25) is 0 Å². The number of carbonyl (C=O) groups excluding carboxylic acids is 1. The molecule has 2 aliphatic carbocycles. The van der Waals surface area contributed by atoms with Crippen LogP contribution in [0.25, 0.3) is 0 Å². The molecule has 1 aromatic carbocycles. The first kappa shape index (κ1) is 11.5. The number of nitrogens with one attached hydrogen (secondary N) is 1. The largest absolute Gasteiger partial charge is 0.273 e. The monoisotopic (exact) mass is 242 g/mol. The summed E-state index contributed by atoms with van der Waals surface area (Å²) in [6.07, 6.45) is 5.40. The number of amides is 1. The maximum atomic E-state index is 11.8. The third kappa shape index (κ3) is 2.45. The molecule has 3 nitrogen and oxygen atoms in total. The second kappa shape index (κ2) is 4.92. The first-order chi connectivity index (χ1) is 8.81. The summed E-state index contributed by atoms with van der Waals surface area (Å²) < 4.78 is 0. The Balaban J connectivity index is 1.54. The molecule has 0 saturated heterocycles. The van der Waals surface area contributed by atoms with E-state index in [0.29, 0.717) is 12.3 Å². The first-order valence-electron chi connectivity index (χ1n) is 6.70. The van der Waals surface area contributed by atoms with Crippen LogP contribution in [0.1, 0.15) is 31.2 Å². The summed E-state index contributed by atoms with van der Waals surface area (Å²) in [5.74, 6) is 1.46. The number of hydrazone groups is 1. The molecular weight excluding hydrogens is 224 g/mol. The standard InChI is InChI=1S/C15H18N2O/c18-15(10-11-4-2-1-3-5-11)17-16-14-9-12-6-7-13(14)8-12/h1-5,12-13H,6-10H2,(H,17,18)/b16-14-. The van der Waals surface area contributed by atoms with Crippen molar-refractivity contribution in [2.75, 3.05) is 0 Å². The van der Waals surface area contributed by atoms with Gasteiger partial charge in [0.1, 0.15) is 0 Å². The van der Waals surface area contributed by atoms with Crippen molar-refractivity contribution in [1.82, 2.24) is 5.43 Å². The Bertz CT molecular complexity index is 467. The number of hydrogen-bond donors (Lipinski definition) is 1. The molecule has 0 aromatic heterocycles. The molecule has 0 spiro atoms. The van der Waals surface area contributed by atoms with Gasteiger partial charge in [-0.05, 0) is 43.1 Å². The van der Waals surface area contributed by atoms with Gasteiger partial charge < -0.3 is 0 Å². The Kier molecular flexibility index (Phi) is 3.13. The SMILES string of the molecule is O=C(Cc1ccccc1)N/N=C1/CC2CCC1C2. The molecule has 2 atom stereocenters. The van der Waals surface area contributed by atoms with Crippen LogP contribution in [0.5, 0.6) is 0 Å². The summed E-state index contributed by atoms with van der Waals surface area (Å²) in [5.41, 5.74) is 4.95. The smallest absolute Gasteiger partial charge is 0.244 e. The fourth-order valence-electron chi connectivity index (χ4n) is 3.12. The highest BCUT2D eigenvalue weighted by atomic mass is 16.2. The molecule has 2 fully saturated rings. The van der Waals surface area contributed by atoms with Crippen molar-refractivity contribution in [1.29, 1.82) is 0 Å². The van der Waals surface area contributed by atoms with Gasteiger partial charge in [-0.25, -0.2) is 5.43 Å². The van der Waals surface area contributed by atoms with Crippen LogP contribution in [0.3, 0.4) is 0 Å². The van der Waals surface area contributed by atoms with Gasteiger partial charge in [0.25, 0.3) is 0 Å². The van der Waals surface area contributed by atoms with Crippen molar-refractivity contribution < 1.29 is 4.79 Å². The fourth-order valence-corrected chi connectivity index (χ4v) is 3.12. The molecule has 2 bridgehead atoms. The van der Waals surface area contributed by atoms with Gasteiger partial charge in [-0.3, -0.25) is 4.79 Å². The lowest BCUT2D eigenvalue weighted by atomic mass is 9.99. The zero-order valence-corrected chi connectivity index (χ0v) is 10.4. The number of benzene rings is 1. The van der Waals surface area contributed by atoms with Crippen LogP contribution in [0.4, 0.5) is 0 Å². The van der Waals surface area contributed by atoms with Crippen LogP contribution >= 0.6 is 0 Å². The number of rotatable bonds is 3. The van der Waals surface area contributed by atoms with Crippen LogP contribution in [-0.4, -0.2) is 11.6 Å². The molecule has 2 saturated carbocycles. The normalized spacial score (nSPS) is 27.7. The average molecular weight is 242 g/mol. The predicted octanol–water partition coefficient (Wildman–Crippen LogP) is 2.52. The van der Waals surface area contributed by atoms with E-state index in [4.69, 9.17) is 0 Å². The molecule has 2 aliphatic rings. The van der Waals surface area contributed by atoms with Crippen molar-refractivity contribution in [2.24, 2.45) is 16.9 Å². The van der Waals surface area contributed by atoms with Gasteiger partial charge in [-0.2, -0.15) is 5.10 Å². The van der Waals surface area contributed by atoms with Crippen molar-refractivity contribution >= 4 is 11.6 Å². The number of fused-ring (bicyclic) bond motifs is 2. The molecule has 0 radical (unpaired) electrons. The maximum Gasteiger partial charge on any atom is 0.244 e. The molecule has 1 N–H and O–H groups in total. The third-order valence-electron chi connectivity index (χ3n) is 4.04. The highest BCUT2D eigenvalue weighted by Crippen LogP contribution is 2.42. The van der Waals surface area contributed by atoms with Crippen LogP contribution in [-0.2, 0) is 11.2 Å². The van der Waals surface area contributed by atoms with Crippen molar-refractivity contribution in [3.63, 3.8) is 0 Å². The summed E-state index contributed by atoms with van der Waals surface area (Å²) in [6.45, 7) is 0. The molecule has 0 aliphatic heterocycles. The van der Waals surface area contributed by atoms with Gasteiger partial charge in [-0.1, -0.05) is 30.3 Å². The molecule has 94 valence electrons. The van der Waals surface area contributed by atoms with E-state index in [1.54, 1.807) is 0 Å². The Morgan fingerprint density at radius 1 is 1.28 bits per heavy atom. The van der Waals surface area contributed by atoms with Crippen LogP contribution < -0.4 is 5.43 Å². The zero-order chi connectivity index (χ0) is 12.4. The number of carbonyl (C=O) groups is 1. The minimum atomic E-state index is -0.0172. The topological polar surface area (TPSA) is 41.5 Å². The molecule has 3 heteroatoms. The van der Waals surface area contributed by atoms with Crippen molar-refractivity contribution in [2.45, 2.75) is 32.1 Å². The first-order valence-corrected chi connectivity index (χ1v) is 6.70. The van der Waals surface area contributed by atoms with E-state index in [2.05, 4.69) is 10.5 Å². The quantitative estimate of drug-likeness (QED) is 0.813. The minimum absolute atomic E-state index is 0.0172. The van der Waals surface area contributed by atoms with E-state index in [0.717, 1.165) is 17.9 Å². The molecule has 3 rings (SSSR count). The maximum absolute atomic E-state index is 11.8. The lowest BCUT2D eigenvalue weighted by molar-refractivity contribution is -0.120. The van der Waals surface area contributed by atoms with Gasteiger partial charge in [0.05, 0.1) is 6.42 Å². The zero-order valence-electron chi connectivity index (χ0n) is 10.4. The molecular formula is C15H18N2O. The minimum Gasteiger partial charge on any atom is -0.273 e. The second-order valence-corrected chi connectivity index (χ2v) is 5.38. The van der Waals surface area contributed by atoms with Gasteiger partial charge in [0.15, 0.2) is 0 Å². The summed E-state index contributed by atoms with van der Waals surface area (Å²) in [7, 11) is 0. The number of hydrogen-bond acceptors (Lipinski definition) is 2. The van der Waals surface area contributed by atoms with Crippen LogP contribution in [0.15, 0.2) is 35.4 Å². The van der Waals surface area contributed by atoms with Gasteiger partial charge in [-0.15, -0.1) is 0 Å². The Morgan fingerprint density at radius 3 is 2.78 bits per heavy atom. The lowest BCUT2D eigenvalue weighted by Crippen LogP contribution is -2.23. The predicted molar refractivity (Wildman–Crippen MR) is 71.2 cm³/mol. The summed E-state index contributed by atoms with van der Waals surface area (Å²) in [6, 6.07) is 9.78. The van der Waals surface area contributed by atoms with E-state index < -0.39 is 0 Å². The molecule has 18 heavy (non-hydrogen) atoms. The lowest BCUT2D eigenvalue weighted by Gasteiger charge is -2.11. The number of nitrogens with zero attached hydrogens (tertiary/aromatic N) is 1.